The van der Waals surface area contributed by atoms with Crippen LogP contribution in [-0.2, 0) is 13.1 Å². The molecule has 0 saturated carbocycles. The quantitative estimate of drug-likeness (QED) is 0.740. The van der Waals surface area contributed by atoms with Gasteiger partial charge in [0, 0.05) is 19.7 Å². The van der Waals surface area contributed by atoms with Crippen molar-refractivity contribution in [2.45, 2.75) is 40.3 Å². The van der Waals surface area contributed by atoms with E-state index in [1.54, 1.807) is 6.33 Å². The van der Waals surface area contributed by atoms with Crippen LogP contribution in [0.5, 0.6) is 0 Å². The fourth-order valence-corrected chi connectivity index (χ4v) is 1.75. The molecule has 0 aromatic carbocycles. The molecule has 0 aliphatic rings. The zero-order valence-corrected chi connectivity index (χ0v) is 11.1. The predicted octanol–water partition coefficient (Wildman–Crippen LogP) is 1.14. The molecular weight excluding hydrogens is 216 g/mol. The van der Waals surface area contributed by atoms with Crippen molar-refractivity contribution >= 4 is 0 Å². The monoisotopic (exact) mass is 240 g/mol. The van der Waals surface area contributed by atoms with Gasteiger partial charge in [0.1, 0.15) is 12.2 Å². The van der Waals surface area contributed by atoms with E-state index in [0.717, 1.165) is 38.4 Å². The normalized spacial score (nSPS) is 11.6. The van der Waals surface area contributed by atoms with Crippen LogP contribution in [0, 0.1) is 5.92 Å². The van der Waals surface area contributed by atoms with Crippen LogP contribution in [0.15, 0.2) is 6.33 Å². The molecule has 17 heavy (non-hydrogen) atoms. The van der Waals surface area contributed by atoms with Gasteiger partial charge in [-0.1, -0.05) is 20.8 Å². The maximum atomic E-state index is 8.85. The summed E-state index contributed by atoms with van der Waals surface area (Å²) in [4.78, 5) is 6.59. The first-order chi connectivity index (χ1) is 8.17. The van der Waals surface area contributed by atoms with E-state index in [0.29, 0.717) is 5.92 Å². The molecule has 0 aliphatic carbocycles. The summed E-state index contributed by atoms with van der Waals surface area (Å²) in [5, 5.41) is 13.1. The number of rotatable bonds is 8. The largest absolute Gasteiger partial charge is 0.396 e. The van der Waals surface area contributed by atoms with Gasteiger partial charge in [-0.3, -0.25) is 4.90 Å². The van der Waals surface area contributed by atoms with Crippen LogP contribution in [0.25, 0.3) is 0 Å². The summed E-state index contributed by atoms with van der Waals surface area (Å²) in [6.45, 7) is 10.3. The highest BCUT2D eigenvalue weighted by Crippen LogP contribution is 2.05. The van der Waals surface area contributed by atoms with E-state index >= 15 is 0 Å². The SMILES string of the molecule is CCN(CCCO)Cc1ncnn1CC(C)C. The third kappa shape index (κ3) is 4.83. The van der Waals surface area contributed by atoms with Crippen molar-refractivity contribution in [3.8, 4) is 0 Å². The van der Waals surface area contributed by atoms with Gasteiger partial charge in [0.2, 0.25) is 0 Å². The Hall–Kier alpha value is -0.940. The lowest BCUT2D eigenvalue weighted by atomic mass is 10.2. The van der Waals surface area contributed by atoms with Crippen molar-refractivity contribution in [1.29, 1.82) is 0 Å². The van der Waals surface area contributed by atoms with Gasteiger partial charge in [0.25, 0.3) is 0 Å². The Kier molecular flexibility index (Phi) is 6.15. The highest BCUT2D eigenvalue weighted by Gasteiger charge is 2.10. The first kappa shape index (κ1) is 14.1. The van der Waals surface area contributed by atoms with Crippen molar-refractivity contribution in [3.05, 3.63) is 12.2 Å². The average Bonchev–Trinajstić information content (AvgIpc) is 2.70. The lowest BCUT2D eigenvalue weighted by molar-refractivity contribution is 0.219. The van der Waals surface area contributed by atoms with Gasteiger partial charge >= 0.3 is 0 Å². The Morgan fingerprint density at radius 2 is 2.24 bits per heavy atom. The summed E-state index contributed by atoms with van der Waals surface area (Å²) in [6, 6.07) is 0. The molecule has 0 spiro atoms. The molecule has 5 nitrogen and oxygen atoms in total. The summed E-state index contributed by atoms with van der Waals surface area (Å²) in [7, 11) is 0. The molecule has 1 aromatic rings. The van der Waals surface area contributed by atoms with Gasteiger partial charge in [-0.15, -0.1) is 0 Å². The maximum Gasteiger partial charge on any atom is 0.141 e. The minimum Gasteiger partial charge on any atom is -0.396 e. The molecule has 0 radical (unpaired) electrons. The van der Waals surface area contributed by atoms with Crippen LogP contribution >= 0.6 is 0 Å². The molecule has 1 heterocycles. The Labute approximate surface area is 103 Å². The molecule has 0 fully saturated rings. The Balaban J connectivity index is 2.56. The Morgan fingerprint density at radius 3 is 2.82 bits per heavy atom. The van der Waals surface area contributed by atoms with Gasteiger partial charge in [-0.25, -0.2) is 9.67 Å². The fourth-order valence-electron chi connectivity index (χ4n) is 1.75. The van der Waals surface area contributed by atoms with Gasteiger partial charge in [0.05, 0.1) is 6.54 Å². The number of nitrogens with zero attached hydrogens (tertiary/aromatic N) is 4. The van der Waals surface area contributed by atoms with Crippen molar-refractivity contribution in [3.63, 3.8) is 0 Å². The maximum absolute atomic E-state index is 8.85. The predicted molar refractivity (Wildman–Crippen MR) is 67.5 cm³/mol. The van der Waals surface area contributed by atoms with Gasteiger partial charge in [0.15, 0.2) is 0 Å². The summed E-state index contributed by atoms with van der Waals surface area (Å²) < 4.78 is 1.98. The van der Waals surface area contributed by atoms with E-state index < -0.39 is 0 Å². The molecule has 1 N–H and O–H groups in total. The van der Waals surface area contributed by atoms with Crippen LogP contribution in [-0.4, -0.2) is 44.5 Å². The molecule has 0 unspecified atom stereocenters. The van der Waals surface area contributed by atoms with Crippen molar-refractivity contribution in [2.24, 2.45) is 5.92 Å². The topological polar surface area (TPSA) is 54.2 Å². The number of aliphatic hydroxyl groups is 1. The van der Waals surface area contributed by atoms with Crippen molar-refractivity contribution < 1.29 is 5.11 Å². The molecule has 0 aliphatic heterocycles. The van der Waals surface area contributed by atoms with E-state index in [4.69, 9.17) is 5.11 Å². The van der Waals surface area contributed by atoms with E-state index in [9.17, 15) is 0 Å². The minimum absolute atomic E-state index is 0.245. The van der Waals surface area contributed by atoms with Crippen LogP contribution in [0.1, 0.15) is 33.0 Å². The molecular formula is C12H24N4O. The van der Waals surface area contributed by atoms with E-state index in [2.05, 4.69) is 35.8 Å². The lowest BCUT2D eigenvalue weighted by Gasteiger charge is -2.19. The van der Waals surface area contributed by atoms with E-state index in [1.807, 2.05) is 4.68 Å². The molecule has 0 atom stereocenters. The number of aromatic nitrogens is 3. The third-order valence-corrected chi connectivity index (χ3v) is 2.68. The number of hydrogen-bond acceptors (Lipinski definition) is 4. The van der Waals surface area contributed by atoms with Crippen LogP contribution in [0.3, 0.4) is 0 Å². The first-order valence-corrected chi connectivity index (χ1v) is 6.37. The fraction of sp³-hybridized carbons (Fsp3) is 0.833. The summed E-state index contributed by atoms with van der Waals surface area (Å²) >= 11 is 0. The minimum atomic E-state index is 0.245. The summed E-state index contributed by atoms with van der Waals surface area (Å²) in [6.07, 6.45) is 2.43. The molecule has 1 aromatic heterocycles. The molecule has 5 heteroatoms. The lowest BCUT2D eigenvalue weighted by Crippen LogP contribution is -2.27. The smallest absolute Gasteiger partial charge is 0.141 e. The molecule has 1 rings (SSSR count). The standard InChI is InChI=1S/C12H24N4O/c1-4-15(6-5-7-17)9-12-13-10-14-16(12)8-11(2)3/h10-11,17H,4-9H2,1-3H3. The molecule has 0 saturated heterocycles. The first-order valence-electron chi connectivity index (χ1n) is 6.37. The van der Waals surface area contributed by atoms with E-state index in [1.165, 1.54) is 0 Å². The molecule has 0 bridgehead atoms. The van der Waals surface area contributed by atoms with E-state index in [-0.39, 0.29) is 6.61 Å². The zero-order valence-electron chi connectivity index (χ0n) is 11.1. The van der Waals surface area contributed by atoms with Crippen LogP contribution < -0.4 is 0 Å². The summed E-state index contributed by atoms with van der Waals surface area (Å²) in [5.41, 5.74) is 0. The zero-order chi connectivity index (χ0) is 12.7. The second kappa shape index (κ2) is 7.40. The second-order valence-corrected chi connectivity index (χ2v) is 4.70. The van der Waals surface area contributed by atoms with Gasteiger partial charge < -0.3 is 5.11 Å². The second-order valence-electron chi connectivity index (χ2n) is 4.70. The van der Waals surface area contributed by atoms with Crippen molar-refractivity contribution in [2.75, 3.05) is 19.7 Å². The van der Waals surface area contributed by atoms with Gasteiger partial charge in [-0.05, 0) is 18.9 Å². The Morgan fingerprint density at radius 1 is 1.47 bits per heavy atom. The number of hydrogen-bond donors (Lipinski definition) is 1. The Bertz CT molecular complexity index is 311. The summed E-state index contributed by atoms with van der Waals surface area (Å²) in [5.74, 6) is 1.58. The van der Waals surface area contributed by atoms with Crippen LogP contribution in [0.4, 0.5) is 0 Å². The number of aliphatic hydroxyl groups excluding tert-OH is 1. The highest BCUT2D eigenvalue weighted by molar-refractivity contribution is 4.85. The average molecular weight is 240 g/mol. The highest BCUT2D eigenvalue weighted by atomic mass is 16.3. The molecule has 98 valence electrons. The van der Waals surface area contributed by atoms with Gasteiger partial charge in [-0.2, -0.15) is 5.10 Å². The molecule has 0 amide bonds. The van der Waals surface area contributed by atoms with Crippen LogP contribution in [0.2, 0.25) is 0 Å². The van der Waals surface area contributed by atoms with Crippen molar-refractivity contribution in [1.82, 2.24) is 19.7 Å². The third-order valence-electron chi connectivity index (χ3n) is 2.68.